The van der Waals surface area contributed by atoms with Crippen molar-refractivity contribution in [3.05, 3.63) is 120 Å². The van der Waals surface area contributed by atoms with E-state index in [1.54, 1.807) is 0 Å². The molecule has 1 aliphatic heterocycles. The van der Waals surface area contributed by atoms with Crippen molar-refractivity contribution >= 4 is 28.7 Å². The molecule has 1 fully saturated rings. The lowest BCUT2D eigenvalue weighted by atomic mass is 9.90. The quantitative estimate of drug-likeness (QED) is 0.335. The molecular formula is C32H30N2O4. The Hall–Kier alpha value is -4.45. The van der Waals surface area contributed by atoms with Crippen LogP contribution in [-0.4, -0.2) is 35.5 Å². The maximum Gasteiger partial charge on any atom is 0.416 e. The van der Waals surface area contributed by atoms with E-state index in [1.165, 1.54) is 4.90 Å². The number of cyclic esters (lactones) is 1. The van der Waals surface area contributed by atoms with Crippen LogP contribution >= 0.6 is 0 Å². The predicted molar refractivity (Wildman–Crippen MR) is 146 cm³/mol. The standard InChI is InChI=1S/C32H30N2O4/c35-30(33-21-24-12-5-2-6-13-24)20-27(19-26-16-9-15-25-14-7-8-17-29(25)26)31(36)34-28(22-38-32(34)37)18-23-10-3-1-4-11-23/h1-17,27-28H,18-22H2,(H,33,35)/t27-,28+/m1/s1. The van der Waals surface area contributed by atoms with Gasteiger partial charge in [0.15, 0.2) is 0 Å². The van der Waals surface area contributed by atoms with E-state index in [9.17, 15) is 14.4 Å². The molecule has 1 N–H and O–H groups in total. The van der Waals surface area contributed by atoms with Gasteiger partial charge in [0, 0.05) is 13.0 Å². The first-order valence-corrected chi connectivity index (χ1v) is 12.9. The highest BCUT2D eigenvalue weighted by atomic mass is 16.6. The molecule has 1 saturated heterocycles. The summed E-state index contributed by atoms with van der Waals surface area (Å²) in [5.74, 6) is -1.34. The van der Waals surface area contributed by atoms with Crippen molar-refractivity contribution in [2.24, 2.45) is 5.92 Å². The number of fused-ring (bicyclic) bond motifs is 1. The number of hydrogen-bond acceptors (Lipinski definition) is 4. The first kappa shape index (κ1) is 25.2. The molecule has 0 aliphatic carbocycles. The number of ether oxygens (including phenoxy) is 1. The summed E-state index contributed by atoms with van der Waals surface area (Å²) in [4.78, 5) is 41.0. The van der Waals surface area contributed by atoms with Gasteiger partial charge in [-0.3, -0.25) is 9.59 Å². The van der Waals surface area contributed by atoms with Crippen LogP contribution in [0.2, 0.25) is 0 Å². The van der Waals surface area contributed by atoms with Crippen LogP contribution in [0.3, 0.4) is 0 Å². The van der Waals surface area contributed by atoms with Crippen molar-refractivity contribution in [2.45, 2.75) is 31.8 Å². The van der Waals surface area contributed by atoms with Gasteiger partial charge in [-0.25, -0.2) is 9.69 Å². The first-order valence-electron chi connectivity index (χ1n) is 12.9. The van der Waals surface area contributed by atoms with Crippen LogP contribution in [-0.2, 0) is 33.7 Å². The predicted octanol–water partition coefficient (Wildman–Crippen LogP) is 5.30. The fourth-order valence-electron chi connectivity index (χ4n) is 5.04. The minimum absolute atomic E-state index is 0.0310. The number of amides is 3. The molecule has 0 bridgehead atoms. The molecule has 38 heavy (non-hydrogen) atoms. The second-order valence-corrected chi connectivity index (χ2v) is 9.63. The van der Waals surface area contributed by atoms with Crippen molar-refractivity contribution in [2.75, 3.05) is 6.61 Å². The maximum absolute atomic E-state index is 14.0. The molecule has 0 spiro atoms. The number of nitrogens with one attached hydrogen (secondary N) is 1. The van der Waals surface area contributed by atoms with Gasteiger partial charge in [-0.05, 0) is 40.3 Å². The summed E-state index contributed by atoms with van der Waals surface area (Å²) in [6.07, 6.45) is 0.153. The molecular weight excluding hydrogens is 476 g/mol. The zero-order chi connectivity index (χ0) is 26.3. The van der Waals surface area contributed by atoms with Crippen LogP contribution in [0.1, 0.15) is 23.1 Å². The van der Waals surface area contributed by atoms with Gasteiger partial charge < -0.3 is 10.1 Å². The first-order chi connectivity index (χ1) is 18.6. The molecule has 1 aliphatic rings. The highest BCUT2D eigenvalue weighted by Crippen LogP contribution is 2.27. The van der Waals surface area contributed by atoms with Gasteiger partial charge in [-0.2, -0.15) is 0 Å². The van der Waals surface area contributed by atoms with E-state index in [2.05, 4.69) is 5.32 Å². The van der Waals surface area contributed by atoms with Gasteiger partial charge >= 0.3 is 6.09 Å². The molecule has 0 saturated carbocycles. The lowest BCUT2D eigenvalue weighted by Crippen LogP contribution is -2.45. The van der Waals surface area contributed by atoms with E-state index >= 15 is 0 Å². The largest absolute Gasteiger partial charge is 0.447 e. The molecule has 4 aromatic rings. The monoisotopic (exact) mass is 506 g/mol. The lowest BCUT2D eigenvalue weighted by Gasteiger charge is -2.25. The van der Waals surface area contributed by atoms with Crippen LogP contribution in [0.4, 0.5) is 4.79 Å². The lowest BCUT2D eigenvalue weighted by molar-refractivity contribution is -0.136. The van der Waals surface area contributed by atoms with Crippen LogP contribution in [0.25, 0.3) is 10.8 Å². The molecule has 6 heteroatoms. The summed E-state index contributed by atoms with van der Waals surface area (Å²) in [6.45, 7) is 0.512. The fraction of sp³-hybridized carbons (Fsp3) is 0.219. The Labute approximate surface area is 222 Å². The summed E-state index contributed by atoms with van der Waals surface area (Å²) in [6, 6.07) is 32.9. The number of nitrogens with zero attached hydrogens (tertiary/aromatic N) is 1. The second-order valence-electron chi connectivity index (χ2n) is 9.63. The fourth-order valence-corrected chi connectivity index (χ4v) is 5.04. The van der Waals surface area contributed by atoms with Gasteiger partial charge in [0.1, 0.15) is 6.61 Å². The Kier molecular flexibility index (Phi) is 7.78. The molecule has 1 heterocycles. The molecule has 3 amide bonds. The SMILES string of the molecule is O=C(C[C@@H](Cc1cccc2ccccc12)C(=O)N1C(=O)OC[C@@H]1Cc1ccccc1)NCc1ccccc1. The molecule has 0 aromatic heterocycles. The average molecular weight is 507 g/mol. The molecule has 5 rings (SSSR count). The number of rotatable bonds is 9. The molecule has 0 unspecified atom stereocenters. The van der Waals surface area contributed by atoms with Gasteiger partial charge in [0.05, 0.1) is 12.0 Å². The summed E-state index contributed by atoms with van der Waals surface area (Å²) >= 11 is 0. The molecule has 0 radical (unpaired) electrons. The Bertz CT molecular complexity index is 1420. The minimum Gasteiger partial charge on any atom is -0.447 e. The molecule has 4 aromatic carbocycles. The number of hydrogen-bond donors (Lipinski definition) is 1. The number of imide groups is 1. The van der Waals surface area contributed by atoms with E-state index < -0.39 is 18.1 Å². The number of benzene rings is 4. The zero-order valence-electron chi connectivity index (χ0n) is 21.1. The Balaban J connectivity index is 1.39. The van der Waals surface area contributed by atoms with Crippen molar-refractivity contribution in [1.82, 2.24) is 10.2 Å². The third-order valence-electron chi connectivity index (χ3n) is 6.97. The van der Waals surface area contributed by atoms with E-state index in [-0.39, 0.29) is 24.8 Å². The van der Waals surface area contributed by atoms with Gasteiger partial charge in [-0.1, -0.05) is 103 Å². The van der Waals surface area contributed by atoms with E-state index in [1.807, 2.05) is 103 Å². The van der Waals surface area contributed by atoms with Gasteiger partial charge in [0.2, 0.25) is 11.8 Å². The Morgan fingerprint density at radius 1 is 0.842 bits per heavy atom. The highest BCUT2D eigenvalue weighted by molar-refractivity contribution is 5.97. The second kappa shape index (κ2) is 11.7. The van der Waals surface area contributed by atoms with Gasteiger partial charge in [-0.15, -0.1) is 0 Å². The van der Waals surface area contributed by atoms with E-state index in [4.69, 9.17) is 4.74 Å². The van der Waals surface area contributed by atoms with Crippen LogP contribution in [0.5, 0.6) is 0 Å². The summed E-state index contributed by atoms with van der Waals surface area (Å²) in [5.41, 5.74) is 2.95. The topological polar surface area (TPSA) is 75.7 Å². The zero-order valence-corrected chi connectivity index (χ0v) is 21.1. The summed E-state index contributed by atoms with van der Waals surface area (Å²) in [5, 5.41) is 5.03. The summed E-state index contributed by atoms with van der Waals surface area (Å²) in [7, 11) is 0. The van der Waals surface area contributed by atoms with Crippen molar-refractivity contribution < 1.29 is 19.1 Å². The Morgan fingerprint density at radius 3 is 2.26 bits per heavy atom. The summed E-state index contributed by atoms with van der Waals surface area (Å²) < 4.78 is 5.32. The van der Waals surface area contributed by atoms with Crippen molar-refractivity contribution in [1.29, 1.82) is 0 Å². The normalized spacial score (nSPS) is 15.7. The maximum atomic E-state index is 14.0. The van der Waals surface area contributed by atoms with Crippen molar-refractivity contribution in [3.63, 3.8) is 0 Å². The highest BCUT2D eigenvalue weighted by Gasteiger charge is 2.41. The van der Waals surface area contributed by atoms with E-state index in [0.29, 0.717) is 19.4 Å². The van der Waals surface area contributed by atoms with E-state index in [0.717, 1.165) is 27.5 Å². The minimum atomic E-state index is -0.722. The molecule has 192 valence electrons. The molecule has 2 atom stereocenters. The smallest absolute Gasteiger partial charge is 0.416 e. The van der Waals surface area contributed by atoms with Crippen LogP contribution in [0.15, 0.2) is 103 Å². The number of carbonyl (C=O) groups excluding carboxylic acids is 3. The average Bonchev–Trinajstić information content (AvgIpc) is 3.31. The van der Waals surface area contributed by atoms with Crippen LogP contribution < -0.4 is 5.32 Å². The Morgan fingerprint density at radius 2 is 1.50 bits per heavy atom. The third kappa shape index (κ3) is 5.92. The van der Waals surface area contributed by atoms with Crippen LogP contribution in [0, 0.1) is 5.92 Å². The molecule has 6 nitrogen and oxygen atoms in total. The number of carbonyl (C=O) groups is 3. The van der Waals surface area contributed by atoms with Crippen molar-refractivity contribution in [3.8, 4) is 0 Å². The van der Waals surface area contributed by atoms with Gasteiger partial charge in [0.25, 0.3) is 0 Å². The third-order valence-corrected chi connectivity index (χ3v) is 6.97.